The zero-order valence-corrected chi connectivity index (χ0v) is 11.3. The minimum atomic E-state index is -0.0686. The summed E-state index contributed by atoms with van der Waals surface area (Å²) in [6.45, 7) is 4.04. The number of aliphatic hydroxyl groups excluding tert-OH is 1. The Hall–Kier alpha value is -0.930. The van der Waals surface area contributed by atoms with Gasteiger partial charge in [0.15, 0.2) is 11.5 Å². The summed E-state index contributed by atoms with van der Waals surface area (Å²) in [5.74, 6) is 1.11. The average Bonchev–Trinajstić information content (AvgIpc) is 2.31. The van der Waals surface area contributed by atoms with E-state index in [0.29, 0.717) is 22.1 Å². The summed E-state index contributed by atoms with van der Waals surface area (Å²) in [6.07, 6.45) is 2.10. The molecule has 0 aliphatic carbocycles. The SMILES string of the molecule is CCCC(C)Oc1c(Cl)cc(CO)cc1OC. The molecule has 0 aliphatic heterocycles. The van der Waals surface area contributed by atoms with Crippen molar-refractivity contribution in [3.05, 3.63) is 22.7 Å². The number of ether oxygens (including phenoxy) is 2. The maximum absolute atomic E-state index is 9.08. The van der Waals surface area contributed by atoms with Gasteiger partial charge in [-0.1, -0.05) is 24.9 Å². The van der Waals surface area contributed by atoms with Crippen molar-refractivity contribution >= 4 is 11.6 Å². The molecule has 1 unspecified atom stereocenters. The molecule has 0 radical (unpaired) electrons. The van der Waals surface area contributed by atoms with Crippen LogP contribution in [-0.2, 0) is 6.61 Å². The number of halogens is 1. The third-order valence-electron chi connectivity index (χ3n) is 2.49. The van der Waals surface area contributed by atoms with Crippen LogP contribution in [0.15, 0.2) is 12.1 Å². The summed E-state index contributed by atoms with van der Waals surface area (Å²) in [5.41, 5.74) is 0.711. The van der Waals surface area contributed by atoms with Gasteiger partial charge in [-0.05, 0) is 31.0 Å². The molecule has 0 aliphatic rings. The third kappa shape index (κ3) is 3.79. The number of benzene rings is 1. The van der Waals surface area contributed by atoms with Gasteiger partial charge in [-0.25, -0.2) is 0 Å². The fourth-order valence-corrected chi connectivity index (χ4v) is 1.92. The molecule has 1 N–H and O–H groups in total. The van der Waals surface area contributed by atoms with E-state index in [-0.39, 0.29) is 12.7 Å². The molecule has 3 nitrogen and oxygen atoms in total. The van der Waals surface area contributed by atoms with Crippen LogP contribution in [0.1, 0.15) is 32.3 Å². The van der Waals surface area contributed by atoms with Crippen molar-refractivity contribution in [3.8, 4) is 11.5 Å². The molecule has 0 saturated carbocycles. The predicted octanol–water partition coefficient (Wildman–Crippen LogP) is 3.41. The maximum Gasteiger partial charge on any atom is 0.180 e. The van der Waals surface area contributed by atoms with Crippen molar-refractivity contribution in [2.24, 2.45) is 0 Å². The zero-order valence-electron chi connectivity index (χ0n) is 10.5. The van der Waals surface area contributed by atoms with Crippen molar-refractivity contribution in [3.63, 3.8) is 0 Å². The van der Waals surface area contributed by atoms with E-state index in [4.69, 9.17) is 26.2 Å². The molecule has 1 aromatic rings. The van der Waals surface area contributed by atoms with Crippen LogP contribution in [0.25, 0.3) is 0 Å². The number of aliphatic hydroxyl groups is 1. The van der Waals surface area contributed by atoms with Gasteiger partial charge in [0.05, 0.1) is 24.8 Å². The Morgan fingerprint density at radius 1 is 1.41 bits per heavy atom. The standard InChI is InChI=1S/C13H19ClO3/c1-4-5-9(2)17-13-11(14)6-10(8-15)7-12(13)16-3/h6-7,9,15H,4-5,8H2,1-3H3. The highest BCUT2D eigenvalue weighted by molar-refractivity contribution is 6.32. The van der Waals surface area contributed by atoms with Gasteiger partial charge in [0.25, 0.3) is 0 Å². The van der Waals surface area contributed by atoms with Crippen molar-refractivity contribution < 1.29 is 14.6 Å². The van der Waals surface area contributed by atoms with E-state index >= 15 is 0 Å². The van der Waals surface area contributed by atoms with Crippen LogP contribution in [0.2, 0.25) is 5.02 Å². The Labute approximate surface area is 107 Å². The molecule has 0 spiro atoms. The van der Waals surface area contributed by atoms with Gasteiger partial charge in [-0.2, -0.15) is 0 Å². The topological polar surface area (TPSA) is 38.7 Å². The first-order chi connectivity index (χ1) is 8.12. The number of hydrogen-bond donors (Lipinski definition) is 1. The van der Waals surface area contributed by atoms with Gasteiger partial charge in [0.1, 0.15) is 0 Å². The van der Waals surface area contributed by atoms with E-state index in [1.807, 2.05) is 6.92 Å². The molecule has 0 bridgehead atoms. The normalized spacial score (nSPS) is 12.3. The largest absolute Gasteiger partial charge is 0.493 e. The predicted molar refractivity (Wildman–Crippen MR) is 68.9 cm³/mol. The smallest absolute Gasteiger partial charge is 0.180 e. The lowest BCUT2D eigenvalue weighted by Gasteiger charge is -2.18. The molecule has 0 amide bonds. The highest BCUT2D eigenvalue weighted by Gasteiger charge is 2.14. The van der Waals surface area contributed by atoms with E-state index in [1.165, 1.54) is 0 Å². The summed E-state index contributed by atoms with van der Waals surface area (Å²) < 4.78 is 11.0. The highest BCUT2D eigenvalue weighted by atomic mass is 35.5. The van der Waals surface area contributed by atoms with E-state index in [2.05, 4.69) is 6.92 Å². The Kier molecular flexibility index (Phi) is 5.59. The van der Waals surface area contributed by atoms with Crippen LogP contribution >= 0.6 is 11.6 Å². The zero-order chi connectivity index (χ0) is 12.8. The van der Waals surface area contributed by atoms with Gasteiger partial charge < -0.3 is 14.6 Å². The molecule has 1 rings (SSSR count). The average molecular weight is 259 g/mol. The van der Waals surface area contributed by atoms with Gasteiger partial charge >= 0.3 is 0 Å². The molecule has 17 heavy (non-hydrogen) atoms. The van der Waals surface area contributed by atoms with Crippen molar-refractivity contribution in [2.75, 3.05) is 7.11 Å². The molecule has 4 heteroatoms. The van der Waals surface area contributed by atoms with Crippen LogP contribution in [0.5, 0.6) is 11.5 Å². The summed E-state index contributed by atoms with van der Waals surface area (Å²) in [4.78, 5) is 0. The Bertz CT molecular complexity index is 366. The van der Waals surface area contributed by atoms with Crippen LogP contribution in [0.3, 0.4) is 0 Å². The van der Waals surface area contributed by atoms with Gasteiger partial charge in [-0.15, -0.1) is 0 Å². The second kappa shape index (κ2) is 6.72. The summed E-state index contributed by atoms with van der Waals surface area (Å²) >= 11 is 6.12. The molecule has 1 atom stereocenters. The van der Waals surface area contributed by atoms with Crippen LogP contribution < -0.4 is 9.47 Å². The maximum atomic E-state index is 9.08. The lowest BCUT2D eigenvalue weighted by molar-refractivity contribution is 0.200. The quantitative estimate of drug-likeness (QED) is 0.850. The summed E-state index contributed by atoms with van der Waals surface area (Å²) in [5, 5.41) is 9.55. The molecule has 96 valence electrons. The first kappa shape index (κ1) is 14.1. The van der Waals surface area contributed by atoms with E-state index in [0.717, 1.165) is 12.8 Å². The molecule has 0 fully saturated rings. The third-order valence-corrected chi connectivity index (χ3v) is 2.77. The summed E-state index contributed by atoms with van der Waals surface area (Å²) in [6, 6.07) is 3.43. The Balaban J connectivity index is 2.97. The van der Waals surface area contributed by atoms with E-state index in [9.17, 15) is 0 Å². The second-order valence-electron chi connectivity index (χ2n) is 3.98. The number of methoxy groups -OCH3 is 1. The van der Waals surface area contributed by atoms with Gasteiger partial charge in [-0.3, -0.25) is 0 Å². The van der Waals surface area contributed by atoms with Crippen molar-refractivity contribution in [1.82, 2.24) is 0 Å². The summed E-state index contributed by atoms with van der Waals surface area (Å²) in [7, 11) is 1.56. The lowest BCUT2D eigenvalue weighted by Crippen LogP contribution is -2.12. The van der Waals surface area contributed by atoms with E-state index < -0.39 is 0 Å². The fraction of sp³-hybridized carbons (Fsp3) is 0.538. The molecular weight excluding hydrogens is 240 g/mol. The lowest BCUT2D eigenvalue weighted by atomic mass is 10.2. The molecule has 0 heterocycles. The van der Waals surface area contributed by atoms with Gasteiger partial charge in [0.2, 0.25) is 0 Å². The minimum absolute atomic E-state index is 0.0686. The Morgan fingerprint density at radius 2 is 2.12 bits per heavy atom. The molecule has 0 saturated heterocycles. The first-order valence-electron chi connectivity index (χ1n) is 5.76. The van der Waals surface area contributed by atoms with Gasteiger partial charge in [0, 0.05) is 0 Å². The molecule has 1 aromatic carbocycles. The van der Waals surface area contributed by atoms with Crippen molar-refractivity contribution in [2.45, 2.75) is 39.4 Å². The monoisotopic (exact) mass is 258 g/mol. The second-order valence-corrected chi connectivity index (χ2v) is 4.39. The van der Waals surface area contributed by atoms with Crippen molar-refractivity contribution in [1.29, 1.82) is 0 Å². The Morgan fingerprint density at radius 3 is 2.65 bits per heavy atom. The van der Waals surface area contributed by atoms with Crippen LogP contribution in [-0.4, -0.2) is 18.3 Å². The van der Waals surface area contributed by atoms with Crippen LogP contribution in [0, 0.1) is 0 Å². The number of rotatable bonds is 6. The number of hydrogen-bond acceptors (Lipinski definition) is 3. The molecular formula is C13H19ClO3. The minimum Gasteiger partial charge on any atom is -0.493 e. The van der Waals surface area contributed by atoms with E-state index in [1.54, 1.807) is 19.2 Å². The first-order valence-corrected chi connectivity index (χ1v) is 6.14. The highest BCUT2D eigenvalue weighted by Crippen LogP contribution is 2.37. The fourth-order valence-electron chi connectivity index (χ4n) is 1.65. The molecule has 0 aromatic heterocycles. The van der Waals surface area contributed by atoms with Crippen LogP contribution in [0.4, 0.5) is 0 Å².